The molecule has 86 valence electrons. The number of rotatable bonds is 6. The van der Waals surface area contributed by atoms with E-state index in [4.69, 9.17) is 11.6 Å². The molecule has 0 nitrogen and oxygen atoms in total. The van der Waals surface area contributed by atoms with Gasteiger partial charge in [-0.05, 0) is 44.3 Å². The molecule has 0 amide bonds. The first kappa shape index (κ1) is 14.0. The molecule has 1 heterocycles. The second-order valence-electron chi connectivity index (χ2n) is 3.59. The van der Waals surface area contributed by atoms with Crippen molar-refractivity contribution in [2.75, 3.05) is 0 Å². The van der Waals surface area contributed by atoms with Gasteiger partial charge in [-0.15, -0.1) is 22.9 Å². The lowest BCUT2D eigenvalue weighted by molar-refractivity contribution is 0.626. The van der Waals surface area contributed by atoms with Gasteiger partial charge in [0.05, 0.1) is 9.16 Å². The Morgan fingerprint density at radius 1 is 1.33 bits per heavy atom. The SMILES string of the molecule is CCCCCCC(Cl)c1cc(Br)c(Br)s1. The molecule has 0 spiro atoms. The Kier molecular flexibility index (Phi) is 6.83. The Morgan fingerprint density at radius 2 is 2.07 bits per heavy atom. The quantitative estimate of drug-likeness (QED) is 0.392. The molecule has 1 rings (SSSR count). The molecule has 0 saturated heterocycles. The summed E-state index contributed by atoms with van der Waals surface area (Å²) in [6.45, 7) is 2.23. The third-order valence-corrected chi connectivity index (χ3v) is 6.24. The summed E-state index contributed by atoms with van der Waals surface area (Å²) in [7, 11) is 0. The van der Waals surface area contributed by atoms with Crippen LogP contribution in [0.1, 0.15) is 49.3 Å². The van der Waals surface area contributed by atoms with Crippen LogP contribution in [0.2, 0.25) is 0 Å². The number of hydrogen-bond donors (Lipinski definition) is 0. The Labute approximate surface area is 118 Å². The first-order valence-corrected chi connectivity index (χ1v) is 8.07. The first-order chi connectivity index (χ1) is 7.15. The minimum absolute atomic E-state index is 0.175. The van der Waals surface area contributed by atoms with Crippen LogP contribution in [0.25, 0.3) is 0 Å². The molecule has 0 N–H and O–H groups in total. The normalized spacial score (nSPS) is 13.1. The summed E-state index contributed by atoms with van der Waals surface area (Å²) >= 11 is 15.0. The minimum atomic E-state index is 0.175. The summed E-state index contributed by atoms with van der Waals surface area (Å²) in [6, 6.07) is 2.12. The fraction of sp³-hybridized carbons (Fsp3) is 0.636. The van der Waals surface area contributed by atoms with E-state index < -0.39 is 0 Å². The Morgan fingerprint density at radius 3 is 2.60 bits per heavy atom. The molecule has 1 aromatic rings. The van der Waals surface area contributed by atoms with Crippen LogP contribution in [0.15, 0.2) is 14.3 Å². The van der Waals surface area contributed by atoms with Gasteiger partial charge in [-0.2, -0.15) is 0 Å². The molecular weight excluding hydrogens is 359 g/mol. The summed E-state index contributed by atoms with van der Waals surface area (Å²) in [5, 5.41) is 0.175. The Balaban J connectivity index is 2.36. The van der Waals surface area contributed by atoms with Crippen LogP contribution in [-0.4, -0.2) is 0 Å². The molecule has 0 radical (unpaired) electrons. The van der Waals surface area contributed by atoms with Crippen LogP contribution in [0.4, 0.5) is 0 Å². The summed E-state index contributed by atoms with van der Waals surface area (Å²) in [5.74, 6) is 0. The van der Waals surface area contributed by atoms with E-state index in [0.29, 0.717) is 0 Å². The number of halogens is 3. The molecule has 0 saturated carbocycles. The van der Waals surface area contributed by atoms with E-state index in [1.807, 2.05) is 0 Å². The van der Waals surface area contributed by atoms with Gasteiger partial charge in [0.1, 0.15) is 0 Å². The zero-order valence-electron chi connectivity index (χ0n) is 8.73. The van der Waals surface area contributed by atoms with Crippen LogP contribution in [0.3, 0.4) is 0 Å². The van der Waals surface area contributed by atoms with Crippen molar-refractivity contribution in [1.29, 1.82) is 0 Å². The Bertz CT molecular complexity index is 279. The summed E-state index contributed by atoms with van der Waals surface area (Å²) in [5.41, 5.74) is 0. The van der Waals surface area contributed by atoms with Crippen molar-refractivity contribution in [2.24, 2.45) is 0 Å². The first-order valence-electron chi connectivity index (χ1n) is 5.24. The van der Waals surface area contributed by atoms with Crippen molar-refractivity contribution in [3.63, 3.8) is 0 Å². The summed E-state index contributed by atoms with van der Waals surface area (Å²) in [4.78, 5) is 1.26. The maximum Gasteiger partial charge on any atom is 0.0843 e. The van der Waals surface area contributed by atoms with Crippen molar-refractivity contribution in [3.05, 3.63) is 19.2 Å². The molecule has 0 aromatic carbocycles. The second-order valence-corrected chi connectivity index (χ2v) is 7.37. The average Bonchev–Trinajstić information content (AvgIpc) is 2.54. The average molecular weight is 375 g/mol. The summed E-state index contributed by atoms with van der Waals surface area (Å²) < 4.78 is 2.25. The topological polar surface area (TPSA) is 0 Å². The van der Waals surface area contributed by atoms with Gasteiger partial charge in [-0.3, -0.25) is 0 Å². The van der Waals surface area contributed by atoms with Gasteiger partial charge in [0.15, 0.2) is 0 Å². The van der Waals surface area contributed by atoms with Crippen LogP contribution in [-0.2, 0) is 0 Å². The summed E-state index contributed by atoms with van der Waals surface area (Å²) in [6.07, 6.45) is 6.22. The smallest absolute Gasteiger partial charge is 0.0843 e. The second kappa shape index (κ2) is 7.31. The number of alkyl halides is 1. The van der Waals surface area contributed by atoms with E-state index in [2.05, 4.69) is 44.8 Å². The van der Waals surface area contributed by atoms with Crippen LogP contribution in [0.5, 0.6) is 0 Å². The molecular formula is C11H15Br2ClS. The lowest BCUT2D eigenvalue weighted by atomic mass is 10.1. The van der Waals surface area contributed by atoms with E-state index >= 15 is 0 Å². The number of unbranched alkanes of at least 4 members (excludes halogenated alkanes) is 3. The molecule has 1 unspecified atom stereocenters. The predicted octanol–water partition coefficient (Wildman–Crippen LogP) is 6.52. The van der Waals surface area contributed by atoms with Gasteiger partial charge in [0.2, 0.25) is 0 Å². The van der Waals surface area contributed by atoms with Crippen molar-refractivity contribution in [2.45, 2.75) is 44.4 Å². The van der Waals surface area contributed by atoms with E-state index in [0.717, 1.165) is 14.7 Å². The van der Waals surface area contributed by atoms with Gasteiger partial charge >= 0.3 is 0 Å². The van der Waals surface area contributed by atoms with E-state index in [9.17, 15) is 0 Å². The van der Waals surface area contributed by atoms with Crippen molar-refractivity contribution in [3.8, 4) is 0 Å². The van der Waals surface area contributed by atoms with Gasteiger partial charge in [0, 0.05) is 9.35 Å². The van der Waals surface area contributed by atoms with Crippen LogP contribution >= 0.6 is 54.8 Å². The standard InChI is InChI=1S/C11H15Br2ClS/c1-2-3-4-5-6-9(14)10-7-8(12)11(13)15-10/h7,9H,2-6H2,1H3. The highest BCUT2D eigenvalue weighted by Crippen LogP contribution is 2.39. The third-order valence-electron chi connectivity index (χ3n) is 2.28. The van der Waals surface area contributed by atoms with Crippen LogP contribution < -0.4 is 0 Å². The molecule has 4 heteroatoms. The van der Waals surface area contributed by atoms with E-state index in [-0.39, 0.29) is 5.38 Å². The largest absolute Gasteiger partial charge is 0.131 e. The molecule has 1 atom stereocenters. The highest BCUT2D eigenvalue weighted by molar-refractivity contribution is 9.13. The fourth-order valence-corrected chi connectivity index (χ4v) is 3.86. The minimum Gasteiger partial charge on any atom is -0.131 e. The van der Waals surface area contributed by atoms with Crippen molar-refractivity contribution < 1.29 is 0 Å². The zero-order chi connectivity index (χ0) is 11.3. The molecule has 0 fully saturated rings. The van der Waals surface area contributed by atoms with E-state index in [1.165, 1.54) is 30.6 Å². The number of thiophene rings is 1. The lowest BCUT2D eigenvalue weighted by Gasteiger charge is -2.05. The molecule has 1 aromatic heterocycles. The molecule has 0 aliphatic heterocycles. The Hall–Kier alpha value is 0.950. The molecule has 0 aliphatic rings. The van der Waals surface area contributed by atoms with E-state index in [1.54, 1.807) is 11.3 Å². The third kappa shape index (κ3) is 4.76. The molecule has 0 bridgehead atoms. The fourth-order valence-electron chi connectivity index (χ4n) is 1.41. The highest BCUT2D eigenvalue weighted by Gasteiger charge is 2.12. The van der Waals surface area contributed by atoms with Crippen LogP contribution in [0, 0.1) is 0 Å². The lowest BCUT2D eigenvalue weighted by Crippen LogP contribution is -1.87. The zero-order valence-corrected chi connectivity index (χ0v) is 13.5. The van der Waals surface area contributed by atoms with Gasteiger partial charge in [-0.1, -0.05) is 32.6 Å². The highest BCUT2D eigenvalue weighted by atomic mass is 79.9. The maximum atomic E-state index is 6.34. The maximum absolute atomic E-state index is 6.34. The van der Waals surface area contributed by atoms with Gasteiger partial charge in [0.25, 0.3) is 0 Å². The molecule has 15 heavy (non-hydrogen) atoms. The van der Waals surface area contributed by atoms with Gasteiger partial charge in [-0.25, -0.2) is 0 Å². The van der Waals surface area contributed by atoms with Crippen molar-refractivity contribution >= 4 is 54.8 Å². The molecule has 0 aliphatic carbocycles. The number of hydrogen-bond acceptors (Lipinski definition) is 1. The van der Waals surface area contributed by atoms with Gasteiger partial charge < -0.3 is 0 Å². The predicted molar refractivity (Wildman–Crippen MR) is 77.1 cm³/mol. The van der Waals surface area contributed by atoms with Crippen molar-refractivity contribution in [1.82, 2.24) is 0 Å². The monoisotopic (exact) mass is 372 g/mol.